The van der Waals surface area contributed by atoms with Crippen LogP contribution in [0, 0.1) is 0 Å². The van der Waals surface area contributed by atoms with E-state index in [1.165, 1.54) is 0 Å². The smallest absolute Gasteiger partial charge is 0.252 e. The minimum absolute atomic E-state index is 0.252. The number of nitrogens with one attached hydrogen (secondary N) is 2. The van der Waals surface area contributed by atoms with Crippen LogP contribution in [0.3, 0.4) is 0 Å². The first-order valence-corrected chi connectivity index (χ1v) is 11.5. The van der Waals surface area contributed by atoms with Crippen molar-refractivity contribution < 1.29 is 14.3 Å². The molecule has 0 aromatic heterocycles. The summed E-state index contributed by atoms with van der Waals surface area (Å²) in [6, 6.07) is 25.2. The zero-order valence-corrected chi connectivity index (χ0v) is 19.1. The summed E-state index contributed by atoms with van der Waals surface area (Å²) >= 11 is 6.27. The number of rotatable bonds is 7. The summed E-state index contributed by atoms with van der Waals surface area (Å²) < 4.78 is 5.60. The third kappa shape index (κ3) is 5.62. The highest BCUT2D eigenvalue weighted by Gasteiger charge is 2.36. The zero-order valence-electron chi connectivity index (χ0n) is 18.3. The van der Waals surface area contributed by atoms with E-state index < -0.39 is 6.04 Å². The molecule has 1 saturated heterocycles. The fourth-order valence-corrected chi connectivity index (χ4v) is 4.45. The topological polar surface area (TPSA) is 67.4 Å². The maximum absolute atomic E-state index is 13.4. The fraction of sp³-hybridized carbons (Fsp3) is 0.259. The van der Waals surface area contributed by atoms with E-state index in [4.69, 9.17) is 16.3 Å². The van der Waals surface area contributed by atoms with Gasteiger partial charge in [-0.3, -0.25) is 9.59 Å². The average Bonchev–Trinajstić information content (AvgIpc) is 2.87. The summed E-state index contributed by atoms with van der Waals surface area (Å²) in [7, 11) is 0. The first-order chi connectivity index (χ1) is 16.1. The van der Waals surface area contributed by atoms with Crippen molar-refractivity contribution in [3.05, 3.63) is 107 Å². The molecule has 0 radical (unpaired) electrons. The Balaban J connectivity index is 1.55. The Bertz CT molecular complexity index is 1080. The molecule has 0 spiro atoms. The van der Waals surface area contributed by atoms with E-state index in [0.717, 1.165) is 24.0 Å². The average molecular weight is 463 g/mol. The molecule has 0 bridgehead atoms. The normalized spacial score (nSPS) is 15.9. The van der Waals surface area contributed by atoms with Gasteiger partial charge in [0.2, 0.25) is 5.91 Å². The molecule has 3 aromatic carbocycles. The van der Waals surface area contributed by atoms with Gasteiger partial charge in [-0.1, -0.05) is 72.3 Å². The molecule has 1 aliphatic heterocycles. The fourth-order valence-electron chi connectivity index (χ4n) is 4.26. The molecule has 2 amide bonds. The van der Waals surface area contributed by atoms with Gasteiger partial charge in [-0.25, -0.2) is 0 Å². The lowest BCUT2D eigenvalue weighted by atomic mass is 9.74. The van der Waals surface area contributed by atoms with E-state index in [-0.39, 0.29) is 17.2 Å². The second-order valence-corrected chi connectivity index (χ2v) is 8.74. The van der Waals surface area contributed by atoms with Gasteiger partial charge in [0.1, 0.15) is 6.04 Å². The summed E-state index contributed by atoms with van der Waals surface area (Å²) in [5.74, 6) is -0.548. The molecular formula is C27H27ClN2O3. The maximum Gasteiger partial charge on any atom is 0.252 e. The molecule has 170 valence electrons. The monoisotopic (exact) mass is 462 g/mol. The number of carbonyl (C=O) groups excluding carboxylic acids is 2. The van der Waals surface area contributed by atoms with Crippen molar-refractivity contribution in [1.82, 2.24) is 10.6 Å². The lowest BCUT2D eigenvalue weighted by Crippen LogP contribution is -2.48. The van der Waals surface area contributed by atoms with Gasteiger partial charge in [0.15, 0.2) is 0 Å². The van der Waals surface area contributed by atoms with Gasteiger partial charge in [0.05, 0.1) is 0 Å². The lowest BCUT2D eigenvalue weighted by Gasteiger charge is -2.38. The van der Waals surface area contributed by atoms with Crippen LogP contribution in [0.1, 0.15) is 40.4 Å². The predicted molar refractivity (Wildman–Crippen MR) is 129 cm³/mol. The Morgan fingerprint density at radius 3 is 2.24 bits per heavy atom. The van der Waals surface area contributed by atoms with Crippen LogP contribution in [0.4, 0.5) is 0 Å². The van der Waals surface area contributed by atoms with E-state index in [9.17, 15) is 9.59 Å². The number of benzene rings is 3. The van der Waals surface area contributed by atoms with E-state index in [1.54, 1.807) is 24.3 Å². The molecule has 4 rings (SSSR count). The standard InChI is InChI=1S/C27H27ClN2O3/c28-23-13-7-12-22(18-23)27(14-16-33-17-15-27)19-29-26(32)24(20-8-3-1-4-9-20)30-25(31)21-10-5-2-6-11-21/h1-13,18,24H,14-17,19H2,(H,29,32)(H,30,31). The van der Waals surface area contributed by atoms with E-state index >= 15 is 0 Å². The van der Waals surface area contributed by atoms with Crippen molar-refractivity contribution in [2.24, 2.45) is 0 Å². The zero-order chi connectivity index (χ0) is 23.1. The van der Waals surface area contributed by atoms with Crippen molar-refractivity contribution in [3.63, 3.8) is 0 Å². The van der Waals surface area contributed by atoms with E-state index in [1.807, 2.05) is 54.6 Å². The molecule has 1 heterocycles. The minimum atomic E-state index is -0.810. The first-order valence-electron chi connectivity index (χ1n) is 11.1. The van der Waals surface area contributed by atoms with Crippen molar-refractivity contribution in [2.45, 2.75) is 24.3 Å². The van der Waals surface area contributed by atoms with Gasteiger partial charge in [0, 0.05) is 35.8 Å². The second-order valence-electron chi connectivity index (χ2n) is 8.30. The molecule has 1 aliphatic rings. The van der Waals surface area contributed by atoms with E-state index in [2.05, 4.69) is 16.7 Å². The molecule has 33 heavy (non-hydrogen) atoms. The van der Waals surface area contributed by atoms with Crippen LogP contribution in [0.15, 0.2) is 84.9 Å². The second kappa shape index (κ2) is 10.6. The van der Waals surface area contributed by atoms with Crippen LogP contribution < -0.4 is 10.6 Å². The van der Waals surface area contributed by atoms with Gasteiger partial charge in [-0.15, -0.1) is 0 Å². The predicted octanol–water partition coefficient (Wildman–Crippen LogP) is 4.68. The Kier molecular flexibility index (Phi) is 7.43. The summed E-state index contributed by atoms with van der Waals surface area (Å²) in [5, 5.41) is 6.68. The highest BCUT2D eigenvalue weighted by atomic mass is 35.5. The van der Waals surface area contributed by atoms with E-state index in [0.29, 0.717) is 30.3 Å². The van der Waals surface area contributed by atoms with Gasteiger partial charge in [-0.05, 0) is 48.2 Å². The molecule has 1 fully saturated rings. The molecule has 5 nitrogen and oxygen atoms in total. The van der Waals surface area contributed by atoms with Crippen LogP contribution in [-0.2, 0) is 14.9 Å². The molecule has 0 aliphatic carbocycles. The summed E-state index contributed by atoms with van der Waals surface area (Å²) in [6.45, 7) is 1.67. The Morgan fingerprint density at radius 2 is 1.58 bits per heavy atom. The van der Waals surface area contributed by atoms with Crippen molar-refractivity contribution in [1.29, 1.82) is 0 Å². The molecule has 1 atom stereocenters. The molecular weight excluding hydrogens is 436 g/mol. The third-order valence-corrected chi connectivity index (χ3v) is 6.43. The highest BCUT2D eigenvalue weighted by Crippen LogP contribution is 2.35. The van der Waals surface area contributed by atoms with Gasteiger partial charge in [-0.2, -0.15) is 0 Å². The van der Waals surface area contributed by atoms with Crippen LogP contribution in [0.2, 0.25) is 5.02 Å². The number of hydrogen-bond donors (Lipinski definition) is 2. The molecule has 3 aromatic rings. The Morgan fingerprint density at radius 1 is 0.909 bits per heavy atom. The maximum atomic E-state index is 13.4. The first kappa shape index (κ1) is 23.0. The van der Waals surface area contributed by atoms with Crippen molar-refractivity contribution in [3.8, 4) is 0 Å². The highest BCUT2D eigenvalue weighted by molar-refractivity contribution is 6.30. The lowest BCUT2D eigenvalue weighted by molar-refractivity contribution is -0.123. The summed E-state index contributed by atoms with van der Waals surface area (Å²) in [4.78, 5) is 26.2. The molecule has 0 saturated carbocycles. The number of halogens is 1. The minimum Gasteiger partial charge on any atom is -0.381 e. The SMILES string of the molecule is O=C(NC(C(=O)NCC1(c2cccc(Cl)c2)CCOCC1)c1ccccc1)c1ccccc1. The van der Waals surface area contributed by atoms with Gasteiger partial charge in [0.25, 0.3) is 5.91 Å². The Labute approximate surface area is 199 Å². The summed E-state index contributed by atoms with van der Waals surface area (Å²) in [5.41, 5.74) is 2.04. The summed E-state index contributed by atoms with van der Waals surface area (Å²) in [6.07, 6.45) is 1.56. The van der Waals surface area contributed by atoms with Crippen LogP contribution in [-0.4, -0.2) is 31.6 Å². The van der Waals surface area contributed by atoms with Crippen LogP contribution >= 0.6 is 11.6 Å². The number of carbonyl (C=O) groups is 2. The van der Waals surface area contributed by atoms with Crippen LogP contribution in [0.25, 0.3) is 0 Å². The number of amides is 2. The van der Waals surface area contributed by atoms with Crippen molar-refractivity contribution >= 4 is 23.4 Å². The number of hydrogen-bond acceptors (Lipinski definition) is 3. The molecule has 2 N–H and O–H groups in total. The third-order valence-electron chi connectivity index (χ3n) is 6.19. The molecule has 1 unspecified atom stereocenters. The Hall–Kier alpha value is -3.15. The largest absolute Gasteiger partial charge is 0.381 e. The van der Waals surface area contributed by atoms with Gasteiger partial charge < -0.3 is 15.4 Å². The quantitative estimate of drug-likeness (QED) is 0.536. The van der Waals surface area contributed by atoms with Crippen LogP contribution in [0.5, 0.6) is 0 Å². The van der Waals surface area contributed by atoms with Crippen molar-refractivity contribution in [2.75, 3.05) is 19.8 Å². The van der Waals surface area contributed by atoms with Gasteiger partial charge >= 0.3 is 0 Å². The number of ether oxygens (including phenoxy) is 1. The molecule has 6 heteroatoms.